The van der Waals surface area contributed by atoms with E-state index >= 15 is 0 Å². The van der Waals surface area contributed by atoms with Gasteiger partial charge in [0.15, 0.2) is 0 Å². The van der Waals surface area contributed by atoms with E-state index in [9.17, 15) is 23.4 Å². The van der Waals surface area contributed by atoms with Crippen LogP contribution in [0.25, 0.3) is 0 Å². The number of benzene rings is 1. The molecule has 4 atom stereocenters. The molecule has 9 heteroatoms. The molecule has 0 amide bonds. The molecule has 1 heterocycles. The van der Waals surface area contributed by atoms with Crippen LogP contribution in [-0.2, 0) is 13.0 Å². The molecular weight excluding hydrogens is 411 g/mol. The van der Waals surface area contributed by atoms with Crippen molar-refractivity contribution in [2.75, 3.05) is 6.61 Å². The Labute approximate surface area is 179 Å². The molecule has 2 aromatic rings. The van der Waals surface area contributed by atoms with Crippen molar-refractivity contribution in [3.63, 3.8) is 0 Å². The van der Waals surface area contributed by atoms with Crippen LogP contribution in [0.3, 0.4) is 0 Å². The molecule has 0 spiro atoms. The van der Waals surface area contributed by atoms with Crippen molar-refractivity contribution in [2.24, 2.45) is 11.8 Å². The highest BCUT2D eigenvalue weighted by molar-refractivity contribution is 5.27. The number of rotatable bonds is 8. The molecule has 1 aliphatic carbocycles. The summed E-state index contributed by atoms with van der Waals surface area (Å²) >= 11 is 0. The molecule has 0 aliphatic heterocycles. The van der Waals surface area contributed by atoms with Crippen LogP contribution in [0.1, 0.15) is 43.3 Å². The number of halogens is 3. The predicted molar refractivity (Wildman–Crippen MR) is 108 cm³/mol. The zero-order valence-corrected chi connectivity index (χ0v) is 17.5. The first kappa shape index (κ1) is 23.4. The second-order valence-corrected chi connectivity index (χ2v) is 8.26. The van der Waals surface area contributed by atoms with Gasteiger partial charge in [0.2, 0.25) is 0 Å². The quantitative estimate of drug-likeness (QED) is 0.586. The molecular formula is C22H28F3N3O3. The second kappa shape index (κ2) is 9.93. The Morgan fingerprint density at radius 2 is 1.87 bits per heavy atom. The van der Waals surface area contributed by atoms with Crippen LogP contribution in [0, 0.1) is 11.8 Å². The molecule has 4 unspecified atom stereocenters. The lowest BCUT2D eigenvalue weighted by molar-refractivity contribution is -0.274. The summed E-state index contributed by atoms with van der Waals surface area (Å²) in [6.45, 7) is 4.32. The Morgan fingerprint density at radius 1 is 1.16 bits per heavy atom. The van der Waals surface area contributed by atoms with Crippen LogP contribution < -0.4 is 10.1 Å². The summed E-state index contributed by atoms with van der Waals surface area (Å²) in [5, 5.41) is 23.7. The van der Waals surface area contributed by atoms with Crippen LogP contribution in [0.2, 0.25) is 0 Å². The minimum Gasteiger partial charge on any atom is -0.406 e. The fourth-order valence-electron chi connectivity index (χ4n) is 4.08. The van der Waals surface area contributed by atoms with Gasteiger partial charge in [-0.3, -0.25) is 0 Å². The van der Waals surface area contributed by atoms with E-state index in [1.54, 1.807) is 18.3 Å². The van der Waals surface area contributed by atoms with Crippen molar-refractivity contribution in [3.05, 3.63) is 53.6 Å². The zero-order chi connectivity index (χ0) is 22.6. The van der Waals surface area contributed by atoms with E-state index in [2.05, 4.69) is 20.0 Å². The molecule has 1 fully saturated rings. The molecule has 0 bridgehead atoms. The molecule has 1 aliphatic rings. The van der Waals surface area contributed by atoms with Gasteiger partial charge in [-0.25, -0.2) is 9.97 Å². The highest BCUT2D eigenvalue weighted by atomic mass is 19.4. The van der Waals surface area contributed by atoms with Gasteiger partial charge in [0.05, 0.1) is 6.10 Å². The number of alkyl halides is 3. The van der Waals surface area contributed by atoms with Gasteiger partial charge in [-0.1, -0.05) is 26.0 Å². The molecule has 6 nitrogen and oxygen atoms in total. The highest BCUT2D eigenvalue weighted by Gasteiger charge is 2.42. The average Bonchev–Trinajstić information content (AvgIpc) is 3.00. The normalized spacial score (nSPS) is 24.0. The van der Waals surface area contributed by atoms with E-state index < -0.39 is 12.5 Å². The Balaban J connectivity index is 1.67. The van der Waals surface area contributed by atoms with Gasteiger partial charge >= 0.3 is 6.36 Å². The third-order valence-corrected chi connectivity index (χ3v) is 5.69. The molecule has 1 saturated carbocycles. The summed E-state index contributed by atoms with van der Waals surface area (Å²) < 4.78 is 40.8. The lowest BCUT2D eigenvalue weighted by Crippen LogP contribution is -2.36. The topological polar surface area (TPSA) is 87.5 Å². The van der Waals surface area contributed by atoms with Gasteiger partial charge in [-0.2, -0.15) is 0 Å². The summed E-state index contributed by atoms with van der Waals surface area (Å²) in [7, 11) is 0. The average molecular weight is 439 g/mol. The van der Waals surface area contributed by atoms with E-state index in [-0.39, 0.29) is 36.2 Å². The Bertz CT molecular complexity index is 846. The molecule has 31 heavy (non-hydrogen) atoms. The maximum Gasteiger partial charge on any atom is 0.573 e. The number of hydrogen-bond acceptors (Lipinski definition) is 6. The number of nitrogens with one attached hydrogen (secondary N) is 1. The first-order valence-corrected chi connectivity index (χ1v) is 10.3. The van der Waals surface area contributed by atoms with E-state index in [0.717, 1.165) is 17.1 Å². The maximum atomic E-state index is 12.3. The minimum absolute atomic E-state index is 0.0391. The molecule has 0 radical (unpaired) electrons. The monoisotopic (exact) mass is 439 g/mol. The molecule has 1 aromatic carbocycles. The number of aromatic nitrogens is 2. The zero-order valence-electron chi connectivity index (χ0n) is 17.5. The lowest BCUT2D eigenvalue weighted by atomic mass is 9.88. The van der Waals surface area contributed by atoms with Crippen molar-refractivity contribution in [3.8, 4) is 5.75 Å². The van der Waals surface area contributed by atoms with Gasteiger partial charge in [0.25, 0.3) is 0 Å². The maximum absolute atomic E-state index is 12.3. The molecule has 1 aromatic heterocycles. The third-order valence-electron chi connectivity index (χ3n) is 5.69. The van der Waals surface area contributed by atoms with Gasteiger partial charge in [-0.15, -0.1) is 13.2 Å². The van der Waals surface area contributed by atoms with Crippen LogP contribution in [0.15, 0.2) is 36.5 Å². The summed E-state index contributed by atoms with van der Waals surface area (Å²) in [6.07, 6.45) is -2.57. The summed E-state index contributed by atoms with van der Waals surface area (Å²) in [5.41, 5.74) is 1.65. The van der Waals surface area contributed by atoms with Gasteiger partial charge in [0.1, 0.15) is 11.6 Å². The van der Waals surface area contributed by atoms with Gasteiger partial charge < -0.3 is 20.3 Å². The Kier molecular flexibility index (Phi) is 7.51. The van der Waals surface area contributed by atoms with Crippen molar-refractivity contribution in [2.45, 2.75) is 57.7 Å². The lowest BCUT2D eigenvalue weighted by Gasteiger charge is -2.25. The standard InChI is InChI=1S/C22H28F3N3O3/c1-13(2)21-26-8-7-15(28-21)9-17-18(12-29)20(30)10-19(17)27-11-14-3-5-16(6-4-14)31-22(23,24)25/h3-8,13,17-20,27,29-30H,9-12H2,1-2H3. The number of hydrogen-bond donors (Lipinski definition) is 3. The number of nitrogens with zero attached hydrogens (tertiary/aromatic N) is 2. The Morgan fingerprint density at radius 3 is 2.48 bits per heavy atom. The third kappa shape index (κ3) is 6.38. The number of ether oxygens (including phenoxy) is 1. The van der Waals surface area contributed by atoms with Crippen LogP contribution in [0.5, 0.6) is 5.75 Å². The van der Waals surface area contributed by atoms with Crippen molar-refractivity contribution in [1.82, 2.24) is 15.3 Å². The highest BCUT2D eigenvalue weighted by Crippen LogP contribution is 2.35. The first-order chi connectivity index (χ1) is 14.7. The van der Waals surface area contributed by atoms with E-state index in [1.165, 1.54) is 12.1 Å². The van der Waals surface area contributed by atoms with E-state index in [0.29, 0.717) is 19.4 Å². The smallest absolute Gasteiger partial charge is 0.406 e. The van der Waals surface area contributed by atoms with Gasteiger partial charge in [-0.05, 0) is 42.5 Å². The summed E-state index contributed by atoms with van der Waals surface area (Å²) in [6, 6.07) is 7.46. The molecule has 3 N–H and O–H groups in total. The summed E-state index contributed by atoms with van der Waals surface area (Å²) in [4.78, 5) is 8.90. The predicted octanol–water partition coefficient (Wildman–Crippen LogP) is 3.19. The second-order valence-electron chi connectivity index (χ2n) is 8.26. The SMILES string of the molecule is CC(C)c1nccc(CC2C(NCc3ccc(OC(F)(F)F)cc3)CC(O)C2CO)n1. The van der Waals surface area contributed by atoms with Crippen molar-refractivity contribution >= 4 is 0 Å². The number of aliphatic hydroxyl groups excluding tert-OH is 2. The fourth-order valence-corrected chi connectivity index (χ4v) is 4.08. The molecule has 3 rings (SSSR count). The molecule has 170 valence electrons. The number of aliphatic hydroxyl groups is 2. The fraction of sp³-hybridized carbons (Fsp3) is 0.545. The van der Waals surface area contributed by atoms with Crippen molar-refractivity contribution in [1.29, 1.82) is 0 Å². The van der Waals surface area contributed by atoms with Crippen LogP contribution in [0.4, 0.5) is 13.2 Å². The van der Waals surface area contributed by atoms with Crippen LogP contribution >= 0.6 is 0 Å². The molecule has 0 saturated heterocycles. The largest absolute Gasteiger partial charge is 0.573 e. The first-order valence-electron chi connectivity index (χ1n) is 10.3. The minimum atomic E-state index is -4.72. The van der Waals surface area contributed by atoms with E-state index in [4.69, 9.17) is 0 Å². The Hall–Kier alpha value is -2.23. The van der Waals surface area contributed by atoms with Gasteiger partial charge in [0, 0.05) is 42.9 Å². The van der Waals surface area contributed by atoms with Crippen LogP contribution in [-0.4, -0.2) is 45.3 Å². The van der Waals surface area contributed by atoms with E-state index in [1.807, 2.05) is 19.9 Å². The summed E-state index contributed by atoms with van der Waals surface area (Å²) in [5.74, 6) is 0.360. The van der Waals surface area contributed by atoms with Crippen molar-refractivity contribution < 1.29 is 28.1 Å².